The summed E-state index contributed by atoms with van der Waals surface area (Å²) in [5.41, 5.74) is 3.94. The first-order chi connectivity index (χ1) is 13.8. The van der Waals surface area contributed by atoms with Crippen molar-refractivity contribution in [1.29, 1.82) is 0 Å². The zero-order chi connectivity index (χ0) is 18.9. The standard InChI is InChI=1S/C22H20N2OS3/c25-22(14-28-17-9-8-15-4-1-5-16(15)12-17)24-19(21-7-3-11-27-21)13-18(23-24)20-6-2-10-26-20/h2-3,6-12,19H,1,4-5,13-14H2. The quantitative estimate of drug-likeness (QED) is 0.487. The average Bonchev–Trinajstić information content (AvgIpc) is 3.50. The molecule has 2 aromatic heterocycles. The van der Waals surface area contributed by atoms with E-state index in [1.165, 1.54) is 40.2 Å². The lowest BCUT2D eigenvalue weighted by atomic mass is 10.1. The summed E-state index contributed by atoms with van der Waals surface area (Å²) in [5.74, 6) is 0.498. The number of rotatable bonds is 5. The monoisotopic (exact) mass is 424 g/mol. The number of hydrogen-bond acceptors (Lipinski definition) is 5. The van der Waals surface area contributed by atoms with Gasteiger partial charge in [0.15, 0.2) is 0 Å². The molecule has 1 aliphatic heterocycles. The van der Waals surface area contributed by atoms with E-state index in [0.717, 1.165) is 17.0 Å². The molecule has 0 radical (unpaired) electrons. The van der Waals surface area contributed by atoms with Gasteiger partial charge in [0, 0.05) is 16.2 Å². The van der Waals surface area contributed by atoms with Gasteiger partial charge in [0.25, 0.3) is 5.91 Å². The van der Waals surface area contributed by atoms with E-state index < -0.39 is 0 Å². The Balaban J connectivity index is 1.33. The first-order valence-electron chi connectivity index (χ1n) is 9.49. The van der Waals surface area contributed by atoms with Gasteiger partial charge in [0.1, 0.15) is 0 Å². The van der Waals surface area contributed by atoms with E-state index in [1.54, 1.807) is 39.4 Å². The van der Waals surface area contributed by atoms with Crippen molar-refractivity contribution in [2.45, 2.75) is 36.6 Å². The van der Waals surface area contributed by atoms with Gasteiger partial charge >= 0.3 is 0 Å². The minimum atomic E-state index is 0.0187. The van der Waals surface area contributed by atoms with Gasteiger partial charge in [0.05, 0.1) is 22.4 Å². The van der Waals surface area contributed by atoms with Crippen molar-refractivity contribution >= 4 is 46.1 Å². The average molecular weight is 425 g/mol. The van der Waals surface area contributed by atoms with Crippen molar-refractivity contribution in [2.24, 2.45) is 5.10 Å². The molecule has 3 heterocycles. The highest BCUT2D eigenvalue weighted by Crippen LogP contribution is 2.37. The number of aryl methyl sites for hydroxylation is 2. The highest BCUT2D eigenvalue weighted by atomic mass is 32.2. The summed E-state index contributed by atoms with van der Waals surface area (Å²) in [5, 5.41) is 10.6. The third-order valence-corrected chi connectivity index (χ3v) is 8.15. The van der Waals surface area contributed by atoms with Gasteiger partial charge in [-0.2, -0.15) is 5.10 Å². The Morgan fingerprint density at radius 3 is 2.79 bits per heavy atom. The minimum absolute atomic E-state index is 0.0187. The van der Waals surface area contributed by atoms with E-state index in [9.17, 15) is 4.79 Å². The van der Waals surface area contributed by atoms with Crippen LogP contribution in [0.5, 0.6) is 0 Å². The van der Waals surface area contributed by atoms with Crippen LogP contribution in [-0.4, -0.2) is 22.4 Å². The summed E-state index contributed by atoms with van der Waals surface area (Å²) in [6.07, 6.45) is 4.39. The smallest absolute Gasteiger partial charge is 0.253 e. The Morgan fingerprint density at radius 1 is 1.11 bits per heavy atom. The predicted octanol–water partition coefficient (Wildman–Crippen LogP) is 5.77. The number of amides is 1. The Kier molecular flexibility index (Phi) is 5.09. The Labute approximate surface area is 177 Å². The molecule has 0 fully saturated rings. The summed E-state index contributed by atoms with van der Waals surface area (Å²) >= 11 is 5.01. The van der Waals surface area contributed by atoms with Crippen LogP contribution in [0.25, 0.3) is 0 Å². The fraction of sp³-hybridized carbons (Fsp3) is 0.273. The van der Waals surface area contributed by atoms with E-state index in [1.807, 2.05) is 12.1 Å². The van der Waals surface area contributed by atoms with Crippen LogP contribution in [0.4, 0.5) is 0 Å². The molecule has 0 spiro atoms. The molecule has 1 atom stereocenters. The molecule has 3 aromatic rings. The Bertz CT molecular complexity index is 1010. The van der Waals surface area contributed by atoms with E-state index in [0.29, 0.717) is 5.75 Å². The van der Waals surface area contributed by atoms with Gasteiger partial charge in [-0.05, 0) is 65.4 Å². The zero-order valence-corrected chi connectivity index (χ0v) is 17.8. The minimum Gasteiger partial charge on any atom is -0.272 e. The topological polar surface area (TPSA) is 32.7 Å². The molecule has 0 saturated heterocycles. The first kappa shape index (κ1) is 18.2. The van der Waals surface area contributed by atoms with Gasteiger partial charge in [-0.1, -0.05) is 18.2 Å². The second-order valence-corrected chi connectivity index (χ2v) is 10.0. The maximum absolute atomic E-state index is 13.1. The summed E-state index contributed by atoms with van der Waals surface area (Å²) in [7, 11) is 0. The van der Waals surface area contributed by atoms with E-state index >= 15 is 0 Å². The maximum atomic E-state index is 13.1. The van der Waals surface area contributed by atoms with E-state index in [4.69, 9.17) is 5.10 Å². The number of thiophene rings is 2. The molecule has 142 valence electrons. The molecule has 0 bridgehead atoms. The van der Waals surface area contributed by atoms with Crippen LogP contribution in [0.2, 0.25) is 0 Å². The second-order valence-electron chi connectivity index (χ2n) is 7.07. The normalized spacial score (nSPS) is 18.4. The van der Waals surface area contributed by atoms with Gasteiger partial charge in [0.2, 0.25) is 0 Å². The van der Waals surface area contributed by atoms with Crippen molar-refractivity contribution in [3.05, 3.63) is 74.1 Å². The van der Waals surface area contributed by atoms with Crippen LogP contribution >= 0.6 is 34.4 Å². The zero-order valence-electron chi connectivity index (χ0n) is 15.3. The predicted molar refractivity (Wildman–Crippen MR) is 119 cm³/mol. The van der Waals surface area contributed by atoms with Gasteiger partial charge in [-0.15, -0.1) is 34.4 Å². The molecule has 1 aromatic carbocycles. The van der Waals surface area contributed by atoms with Gasteiger partial charge < -0.3 is 0 Å². The largest absolute Gasteiger partial charge is 0.272 e. The fourth-order valence-electron chi connectivity index (χ4n) is 3.88. The van der Waals surface area contributed by atoms with Crippen LogP contribution in [0, 0.1) is 0 Å². The highest BCUT2D eigenvalue weighted by molar-refractivity contribution is 8.00. The molecule has 6 heteroatoms. The number of nitrogens with zero attached hydrogens (tertiary/aromatic N) is 2. The molecule has 1 amide bonds. The lowest BCUT2D eigenvalue weighted by Crippen LogP contribution is -2.28. The van der Waals surface area contributed by atoms with Gasteiger partial charge in [-0.25, -0.2) is 5.01 Å². The third kappa shape index (κ3) is 3.56. The highest BCUT2D eigenvalue weighted by Gasteiger charge is 2.33. The van der Waals surface area contributed by atoms with Gasteiger partial charge in [-0.3, -0.25) is 4.79 Å². The molecule has 5 rings (SSSR count). The number of benzene rings is 1. The summed E-state index contributed by atoms with van der Waals surface area (Å²) < 4.78 is 0. The van der Waals surface area contributed by atoms with Crippen molar-refractivity contribution < 1.29 is 4.79 Å². The van der Waals surface area contributed by atoms with Crippen LogP contribution in [0.15, 0.2) is 63.2 Å². The number of fused-ring (bicyclic) bond motifs is 1. The summed E-state index contributed by atoms with van der Waals surface area (Å²) in [6.45, 7) is 0. The van der Waals surface area contributed by atoms with Crippen LogP contribution < -0.4 is 0 Å². The molecule has 3 nitrogen and oxygen atoms in total. The van der Waals surface area contributed by atoms with E-state index in [-0.39, 0.29) is 11.9 Å². The number of thioether (sulfide) groups is 1. The number of carbonyl (C=O) groups is 1. The fourth-order valence-corrected chi connectivity index (χ4v) is 6.23. The van der Waals surface area contributed by atoms with Crippen LogP contribution in [0.3, 0.4) is 0 Å². The molecule has 2 aliphatic rings. The molecular formula is C22H20N2OS3. The number of hydrogen-bond donors (Lipinski definition) is 0. The molecule has 0 saturated carbocycles. The van der Waals surface area contributed by atoms with Crippen LogP contribution in [0.1, 0.15) is 39.8 Å². The second kappa shape index (κ2) is 7.85. The van der Waals surface area contributed by atoms with E-state index in [2.05, 4.69) is 41.1 Å². The van der Waals surface area contributed by atoms with Crippen LogP contribution in [-0.2, 0) is 17.6 Å². The molecule has 28 heavy (non-hydrogen) atoms. The lowest BCUT2D eigenvalue weighted by molar-refractivity contribution is -0.130. The van der Waals surface area contributed by atoms with Crippen molar-refractivity contribution in [1.82, 2.24) is 5.01 Å². The Morgan fingerprint density at radius 2 is 1.96 bits per heavy atom. The molecule has 1 unspecified atom stereocenters. The lowest BCUT2D eigenvalue weighted by Gasteiger charge is -2.20. The molecule has 0 N–H and O–H groups in total. The van der Waals surface area contributed by atoms with Crippen molar-refractivity contribution in [2.75, 3.05) is 5.75 Å². The van der Waals surface area contributed by atoms with Crippen molar-refractivity contribution in [3.63, 3.8) is 0 Å². The SMILES string of the molecule is O=C(CSc1ccc2c(c1)CCC2)N1N=C(c2cccs2)CC1c1cccs1. The summed E-state index contributed by atoms with van der Waals surface area (Å²) in [6, 6.07) is 14.9. The first-order valence-corrected chi connectivity index (χ1v) is 12.2. The van der Waals surface area contributed by atoms with Crippen molar-refractivity contribution in [3.8, 4) is 0 Å². The maximum Gasteiger partial charge on any atom is 0.253 e. The number of carbonyl (C=O) groups excluding carboxylic acids is 1. The molecular weight excluding hydrogens is 404 g/mol. The third-order valence-electron chi connectivity index (χ3n) is 5.28. The number of hydrazone groups is 1. The Hall–Kier alpha value is -1.89. The molecule has 1 aliphatic carbocycles. The summed E-state index contributed by atoms with van der Waals surface area (Å²) in [4.78, 5) is 16.6.